The van der Waals surface area contributed by atoms with Crippen molar-refractivity contribution in [2.24, 2.45) is 10.9 Å². The Morgan fingerprint density at radius 3 is 2.70 bits per heavy atom. The Kier molecular flexibility index (Phi) is 5.06. The van der Waals surface area contributed by atoms with Gasteiger partial charge in [-0.25, -0.2) is 0 Å². The van der Waals surface area contributed by atoms with Gasteiger partial charge in [0, 0.05) is 17.8 Å². The van der Waals surface area contributed by atoms with Crippen LogP contribution in [-0.2, 0) is 0 Å². The van der Waals surface area contributed by atoms with Crippen molar-refractivity contribution in [3.05, 3.63) is 101 Å². The molecular formula is C26H23ClN2O. The molecule has 1 aliphatic heterocycles. The van der Waals surface area contributed by atoms with Gasteiger partial charge in [0.15, 0.2) is 0 Å². The summed E-state index contributed by atoms with van der Waals surface area (Å²) >= 11 is 6.20. The van der Waals surface area contributed by atoms with Crippen LogP contribution in [0.5, 0.6) is 5.75 Å². The minimum atomic E-state index is 0.304. The molecule has 0 bridgehead atoms. The van der Waals surface area contributed by atoms with E-state index in [1.807, 2.05) is 24.4 Å². The van der Waals surface area contributed by atoms with E-state index in [4.69, 9.17) is 16.3 Å². The van der Waals surface area contributed by atoms with Crippen molar-refractivity contribution in [1.82, 2.24) is 0 Å². The first-order valence-electron chi connectivity index (χ1n) is 10.2. The number of halogens is 1. The molecule has 3 aromatic carbocycles. The summed E-state index contributed by atoms with van der Waals surface area (Å²) in [6.07, 6.45) is 7.63. The average molecular weight is 415 g/mol. The third kappa shape index (κ3) is 3.50. The number of ether oxygens (including phenoxy) is 1. The lowest BCUT2D eigenvalue weighted by atomic mass is 9.77. The molecule has 0 amide bonds. The lowest BCUT2D eigenvalue weighted by Gasteiger charge is -2.37. The maximum absolute atomic E-state index is 6.20. The number of anilines is 1. The van der Waals surface area contributed by atoms with E-state index in [2.05, 4.69) is 71.0 Å². The lowest BCUT2D eigenvalue weighted by Crippen LogP contribution is -2.28. The average Bonchev–Trinajstić information content (AvgIpc) is 3.28. The van der Waals surface area contributed by atoms with Crippen LogP contribution in [0.1, 0.15) is 35.1 Å². The number of hydrogen-bond donors (Lipinski definition) is 1. The number of nitrogens with one attached hydrogen (secondary N) is 1. The minimum Gasteiger partial charge on any atom is -0.495 e. The van der Waals surface area contributed by atoms with Gasteiger partial charge in [-0.2, -0.15) is 0 Å². The van der Waals surface area contributed by atoms with Crippen LogP contribution in [-0.4, -0.2) is 13.3 Å². The Morgan fingerprint density at radius 2 is 1.90 bits per heavy atom. The maximum atomic E-state index is 6.20. The van der Waals surface area contributed by atoms with Crippen LogP contribution in [0.2, 0.25) is 5.02 Å². The van der Waals surface area contributed by atoms with Crippen molar-refractivity contribution in [3.8, 4) is 5.75 Å². The summed E-state index contributed by atoms with van der Waals surface area (Å²) in [4.78, 5) is 4.60. The van der Waals surface area contributed by atoms with E-state index in [1.54, 1.807) is 7.11 Å². The summed E-state index contributed by atoms with van der Waals surface area (Å²) in [5, 5.41) is 4.36. The Balaban J connectivity index is 1.36. The molecule has 3 nitrogen and oxygen atoms in total. The van der Waals surface area contributed by atoms with E-state index >= 15 is 0 Å². The van der Waals surface area contributed by atoms with Gasteiger partial charge in [-0.1, -0.05) is 54.1 Å². The fraction of sp³-hybridized carbons (Fsp3) is 0.192. The number of methoxy groups -OCH3 is 1. The van der Waals surface area contributed by atoms with E-state index in [9.17, 15) is 0 Å². The second-order valence-corrected chi connectivity index (χ2v) is 8.21. The topological polar surface area (TPSA) is 33.6 Å². The zero-order valence-electron chi connectivity index (χ0n) is 16.8. The number of aliphatic imine (C=N–C) groups is 1. The van der Waals surface area contributed by atoms with E-state index in [0.29, 0.717) is 28.6 Å². The number of rotatable bonds is 4. The van der Waals surface area contributed by atoms with Gasteiger partial charge in [-0.05, 0) is 65.4 Å². The Morgan fingerprint density at radius 1 is 1.07 bits per heavy atom. The first kappa shape index (κ1) is 19.0. The molecule has 0 fully saturated rings. The van der Waals surface area contributed by atoms with Gasteiger partial charge in [0.05, 0.1) is 23.9 Å². The largest absolute Gasteiger partial charge is 0.495 e. The molecule has 1 heterocycles. The normalized spacial score (nSPS) is 21.9. The quantitative estimate of drug-likeness (QED) is 0.371. The summed E-state index contributed by atoms with van der Waals surface area (Å²) in [5.74, 6) is 1.71. The predicted molar refractivity (Wildman–Crippen MR) is 124 cm³/mol. The van der Waals surface area contributed by atoms with Crippen LogP contribution in [0.15, 0.2) is 83.9 Å². The molecule has 3 atom stereocenters. The van der Waals surface area contributed by atoms with Gasteiger partial charge >= 0.3 is 0 Å². The Labute approximate surface area is 182 Å². The summed E-state index contributed by atoms with van der Waals surface area (Å²) in [6, 6.07) is 23.2. The van der Waals surface area contributed by atoms with Gasteiger partial charge in [0.25, 0.3) is 0 Å². The Hall–Kier alpha value is -3.04. The SMILES string of the molecule is COc1ccc(C=Nc2ccc([C@@H]3Nc4ccccc4[C@@H]4C=CC[C@@H]43)cc2)cc1Cl. The monoisotopic (exact) mass is 414 g/mol. The summed E-state index contributed by atoms with van der Waals surface area (Å²) in [7, 11) is 1.61. The molecule has 30 heavy (non-hydrogen) atoms. The van der Waals surface area contributed by atoms with Gasteiger partial charge in [0.2, 0.25) is 0 Å². The van der Waals surface area contributed by atoms with Gasteiger partial charge < -0.3 is 10.1 Å². The molecule has 2 aliphatic rings. The molecule has 0 radical (unpaired) electrons. The van der Waals surface area contributed by atoms with Gasteiger partial charge in [-0.3, -0.25) is 4.99 Å². The highest BCUT2D eigenvalue weighted by atomic mass is 35.5. The van der Waals surface area contributed by atoms with Crippen molar-refractivity contribution < 1.29 is 4.74 Å². The number of nitrogens with zero attached hydrogens (tertiary/aromatic N) is 1. The molecule has 0 spiro atoms. The first-order valence-corrected chi connectivity index (χ1v) is 10.6. The summed E-state index contributed by atoms with van der Waals surface area (Å²) < 4.78 is 5.20. The highest BCUT2D eigenvalue weighted by Crippen LogP contribution is 2.49. The molecule has 150 valence electrons. The van der Waals surface area contributed by atoms with Crippen LogP contribution in [0, 0.1) is 5.92 Å². The van der Waals surface area contributed by atoms with E-state index in [-0.39, 0.29) is 0 Å². The molecule has 0 saturated heterocycles. The fourth-order valence-corrected chi connectivity index (χ4v) is 4.82. The second-order valence-electron chi connectivity index (χ2n) is 7.81. The first-order chi connectivity index (χ1) is 14.7. The number of allylic oxidation sites excluding steroid dienone is 2. The maximum Gasteiger partial charge on any atom is 0.137 e. The summed E-state index contributed by atoms with van der Waals surface area (Å²) in [5.41, 5.74) is 5.81. The molecule has 0 aromatic heterocycles. The van der Waals surface area contributed by atoms with E-state index < -0.39 is 0 Å². The van der Waals surface area contributed by atoms with E-state index in [0.717, 1.165) is 17.7 Å². The predicted octanol–water partition coefficient (Wildman–Crippen LogP) is 6.93. The molecular weight excluding hydrogens is 392 g/mol. The zero-order chi connectivity index (χ0) is 20.5. The molecule has 1 aliphatic carbocycles. The molecule has 0 unspecified atom stereocenters. The number of benzene rings is 3. The zero-order valence-corrected chi connectivity index (χ0v) is 17.5. The molecule has 3 aromatic rings. The van der Waals surface area contributed by atoms with E-state index in [1.165, 1.54) is 16.8 Å². The Bertz CT molecular complexity index is 1120. The number of para-hydroxylation sites is 1. The number of hydrogen-bond acceptors (Lipinski definition) is 3. The molecule has 4 heteroatoms. The van der Waals surface area contributed by atoms with Crippen LogP contribution < -0.4 is 10.1 Å². The van der Waals surface area contributed by atoms with Crippen LogP contribution >= 0.6 is 11.6 Å². The van der Waals surface area contributed by atoms with Crippen LogP contribution in [0.4, 0.5) is 11.4 Å². The second kappa shape index (κ2) is 8.00. The van der Waals surface area contributed by atoms with Crippen molar-refractivity contribution in [1.29, 1.82) is 0 Å². The van der Waals surface area contributed by atoms with Crippen molar-refractivity contribution in [2.75, 3.05) is 12.4 Å². The van der Waals surface area contributed by atoms with Crippen molar-refractivity contribution in [2.45, 2.75) is 18.4 Å². The van der Waals surface area contributed by atoms with Crippen LogP contribution in [0.25, 0.3) is 0 Å². The van der Waals surface area contributed by atoms with Gasteiger partial charge in [0.1, 0.15) is 5.75 Å². The molecule has 1 N–H and O–H groups in total. The number of fused-ring (bicyclic) bond motifs is 3. The lowest BCUT2D eigenvalue weighted by molar-refractivity contribution is 0.415. The molecule has 0 saturated carbocycles. The fourth-order valence-electron chi connectivity index (χ4n) is 4.55. The third-order valence-corrected chi connectivity index (χ3v) is 6.36. The highest BCUT2D eigenvalue weighted by molar-refractivity contribution is 6.32. The van der Waals surface area contributed by atoms with Crippen molar-refractivity contribution >= 4 is 29.2 Å². The van der Waals surface area contributed by atoms with Crippen LogP contribution in [0.3, 0.4) is 0 Å². The third-order valence-electron chi connectivity index (χ3n) is 6.06. The summed E-state index contributed by atoms with van der Waals surface area (Å²) in [6.45, 7) is 0. The van der Waals surface area contributed by atoms with Gasteiger partial charge in [-0.15, -0.1) is 0 Å². The smallest absolute Gasteiger partial charge is 0.137 e. The highest BCUT2D eigenvalue weighted by Gasteiger charge is 2.37. The van der Waals surface area contributed by atoms with Crippen molar-refractivity contribution in [3.63, 3.8) is 0 Å². The standard InChI is InChI=1S/C26H23ClN2O/c1-30-25-14-9-17(15-23(25)27)16-28-19-12-10-18(11-13-19)26-22-7-4-6-20(22)21-5-2-3-8-24(21)29-26/h2-6,8-16,20,22,26,29H,7H2,1H3/t20-,22-,26-/m0/s1. The minimum absolute atomic E-state index is 0.304. The molecule has 5 rings (SSSR count).